The molecule has 3 nitrogen and oxygen atoms in total. The SMILES string of the molecule is COC1OC(=O)C(C)=C1c1ccccc1. The van der Waals surface area contributed by atoms with Crippen molar-refractivity contribution in [3.8, 4) is 0 Å². The summed E-state index contributed by atoms with van der Waals surface area (Å²) in [5.74, 6) is -0.305. The minimum atomic E-state index is -0.570. The Morgan fingerprint density at radius 3 is 2.53 bits per heavy atom. The number of esters is 1. The molecule has 1 heterocycles. The third kappa shape index (κ3) is 1.66. The highest BCUT2D eigenvalue weighted by molar-refractivity contribution is 6.01. The maximum atomic E-state index is 11.4. The average Bonchev–Trinajstić information content (AvgIpc) is 2.56. The summed E-state index contributed by atoms with van der Waals surface area (Å²) >= 11 is 0. The van der Waals surface area contributed by atoms with Crippen molar-refractivity contribution in [1.82, 2.24) is 0 Å². The largest absolute Gasteiger partial charge is 0.428 e. The molecule has 3 heteroatoms. The van der Waals surface area contributed by atoms with E-state index < -0.39 is 6.29 Å². The van der Waals surface area contributed by atoms with Gasteiger partial charge >= 0.3 is 5.97 Å². The van der Waals surface area contributed by atoms with E-state index >= 15 is 0 Å². The zero-order valence-corrected chi connectivity index (χ0v) is 8.69. The minimum absolute atomic E-state index is 0.305. The van der Waals surface area contributed by atoms with E-state index in [0.29, 0.717) is 5.57 Å². The Kier molecular flexibility index (Phi) is 2.56. The van der Waals surface area contributed by atoms with Gasteiger partial charge in [0.1, 0.15) is 0 Å². The molecule has 1 unspecified atom stereocenters. The molecule has 1 aliphatic rings. The first-order chi connectivity index (χ1) is 7.24. The second-order valence-electron chi connectivity index (χ2n) is 3.38. The summed E-state index contributed by atoms with van der Waals surface area (Å²) in [6, 6.07) is 9.65. The fourth-order valence-corrected chi connectivity index (χ4v) is 1.67. The van der Waals surface area contributed by atoms with Crippen LogP contribution in [0.4, 0.5) is 0 Å². The number of cyclic esters (lactones) is 1. The number of hydrogen-bond acceptors (Lipinski definition) is 3. The van der Waals surface area contributed by atoms with Crippen LogP contribution in [-0.4, -0.2) is 19.4 Å². The fourth-order valence-electron chi connectivity index (χ4n) is 1.67. The second-order valence-corrected chi connectivity index (χ2v) is 3.38. The average molecular weight is 204 g/mol. The van der Waals surface area contributed by atoms with Crippen LogP contribution in [0, 0.1) is 0 Å². The monoisotopic (exact) mass is 204 g/mol. The van der Waals surface area contributed by atoms with Crippen molar-refractivity contribution in [3.05, 3.63) is 41.5 Å². The second kappa shape index (κ2) is 3.87. The van der Waals surface area contributed by atoms with Gasteiger partial charge in [0.15, 0.2) is 0 Å². The standard InChI is InChI=1S/C12H12O3/c1-8-10(9-6-4-3-5-7-9)12(14-2)15-11(8)13/h3-7,12H,1-2H3. The van der Waals surface area contributed by atoms with E-state index in [4.69, 9.17) is 9.47 Å². The van der Waals surface area contributed by atoms with Gasteiger partial charge in [0.2, 0.25) is 6.29 Å². The summed E-state index contributed by atoms with van der Waals surface area (Å²) < 4.78 is 10.2. The van der Waals surface area contributed by atoms with Crippen LogP contribution >= 0.6 is 0 Å². The maximum Gasteiger partial charge on any atom is 0.336 e. The van der Waals surface area contributed by atoms with Crippen LogP contribution in [-0.2, 0) is 14.3 Å². The van der Waals surface area contributed by atoms with Crippen LogP contribution in [0.25, 0.3) is 5.57 Å². The zero-order chi connectivity index (χ0) is 10.8. The summed E-state index contributed by atoms with van der Waals surface area (Å²) in [5.41, 5.74) is 2.41. The minimum Gasteiger partial charge on any atom is -0.428 e. The Balaban J connectivity index is 2.46. The molecule has 0 amide bonds. The molecule has 1 aromatic rings. The quantitative estimate of drug-likeness (QED) is 0.691. The summed E-state index contributed by atoms with van der Waals surface area (Å²) in [7, 11) is 1.53. The molecule has 0 bridgehead atoms. The maximum absolute atomic E-state index is 11.4. The number of carbonyl (C=O) groups is 1. The molecular formula is C12H12O3. The molecule has 2 rings (SSSR count). The fraction of sp³-hybridized carbons (Fsp3) is 0.250. The normalized spacial score (nSPS) is 20.7. The van der Waals surface area contributed by atoms with Gasteiger partial charge in [-0.05, 0) is 12.5 Å². The number of benzene rings is 1. The van der Waals surface area contributed by atoms with Crippen molar-refractivity contribution in [3.63, 3.8) is 0 Å². The van der Waals surface area contributed by atoms with E-state index in [1.54, 1.807) is 6.92 Å². The van der Waals surface area contributed by atoms with Gasteiger partial charge in [-0.1, -0.05) is 30.3 Å². The lowest BCUT2D eigenvalue weighted by Gasteiger charge is -2.11. The van der Waals surface area contributed by atoms with Crippen LogP contribution in [0.15, 0.2) is 35.9 Å². The molecule has 1 atom stereocenters. The molecular weight excluding hydrogens is 192 g/mol. The van der Waals surface area contributed by atoms with Gasteiger partial charge in [0.05, 0.1) is 0 Å². The van der Waals surface area contributed by atoms with Crippen molar-refractivity contribution in [2.75, 3.05) is 7.11 Å². The first kappa shape index (κ1) is 9.93. The van der Waals surface area contributed by atoms with Crippen molar-refractivity contribution in [2.45, 2.75) is 13.2 Å². The van der Waals surface area contributed by atoms with Gasteiger partial charge in [-0.25, -0.2) is 4.79 Å². The van der Waals surface area contributed by atoms with E-state index in [1.165, 1.54) is 7.11 Å². The molecule has 1 aliphatic heterocycles. The van der Waals surface area contributed by atoms with Gasteiger partial charge in [-0.15, -0.1) is 0 Å². The lowest BCUT2D eigenvalue weighted by Crippen LogP contribution is -2.13. The molecule has 15 heavy (non-hydrogen) atoms. The zero-order valence-electron chi connectivity index (χ0n) is 8.69. The predicted molar refractivity (Wildman–Crippen MR) is 55.9 cm³/mol. The summed E-state index contributed by atoms with van der Waals surface area (Å²) in [6.07, 6.45) is -0.570. The molecule has 0 N–H and O–H groups in total. The molecule has 0 spiro atoms. The Labute approximate surface area is 88.3 Å². The topological polar surface area (TPSA) is 35.5 Å². The first-order valence-electron chi connectivity index (χ1n) is 4.74. The molecule has 1 aromatic carbocycles. The van der Waals surface area contributed by atoms with E-state index in [1.807, 2.05) is 30.3 Å². The van der Waals surface area contributed by atoms with E-state index in [0.717, 1.165) is 11.1 Å². The van der Waals surface area contributed by atoms with Crippen molar-refractivity contribution in [2.24, 2.45) is 0 Å². The highest BCUT2D eigenvalue weighted by atomic mass is 16.7. The van der Waals surface area contributed by atoms with Crippen LogP contribution in [0.2, 0.25) is 0 Å². The summed E-state index contributed by atoms with van der Waals surface area (Å²) in [4.78, 5) is 11.4. The molecule has 0 aliphatic carbocycles. The van der Waals surface area contributed by atoms with Crippen molar-refractivity contribution in [1.29, 1.82) is 0 Å². The molecule has 0 radical (unpaired) electrons. The number of hydrogen-bond donors (Lipinski definition) is 0. The van der Waals surface area contributed by atoms with Gasteiger partial charge in [0.25, 0.3) is 0 Å². The lowest BCUT2D eigenvalue weighted by atomic mass is 10.0. The van der Waals surface area contributed by atoms with Crippen LogP contribution in [0.5, 0.6) is 0 Å². The van der Waals surface area contributed by atoms with Gasteiger partial charge < -0.3 is 9.47 Å². The van der Waals surface area contributed by atoms with Gasteiger partial charge in [0, 0.05) is 18.3 Å². The molecule has 0 aromatic heterocycles. The Morgan fingerprint density at radius 1 is 1.27 bits per heavy atom. The number of carbonyl (C=O) groups excluding carboxylic acids is 1. The smallest absolute Gasteiger partial charge is 0.336 e. The first-order valence-corrected chi connectivity index (χ1v) is 4.74. The van der Waals surface area contributed by atoms with Crippen LogP contribution in [0.1, 0.15) is 12.5 Å². The number of ether oxygens (including phenoxy) is 2. The lowest BCUT2D eigenvalue weighted by molar-refractivity contribution is -0.154. The van der Waals surface area contributed by atoms with Gasteiger partial charge in [-0.2, -0.15) is 0 Å². The molecule has 0 saturated carbocycles. The van der Waals surface area contributed by atoms with E-state index in [2.05, 4.69) is 0 Å². The third-order valence-electron chi connectivity index (χ3n) is 2.46. The highest BCUT2D eigenvalue weighted by Gasteiger charge is 2.31. The molecule has 0 fully saturated rings. The van der Waals surface area contributed by atoms with Crippen molar-refractivity contribution < 1.29 is 14.3 Å². The number of rotatable bonds is 2. The molecule has 78 valence electrons. The van der Waals surface area contributed by atoms with Crippen LogP contribution in [0.3, 0.4) is 0 Å². The summed E-state index contributed by atoms with van der Waals surface area (Å²) in [6.45, 7) is 1.75. The Morgan fingerprint density at radius 2 is 1.93 bits per heavy atom. The third-order valence-corrected chi connectivity index (χ3v) is 2.46. The molecule has 0 saturated heterocycles. The van der Waals surface area contributed by atoms with E-state index in [-0.39, 0.29) is 5.97 Å². The number of methoxy groups -OCH3 is 1. The predicted octanol–water partition coefficient (Wildman–Crippen LogP) is 1.99. The van der Waals surface area contributed by atoms with Gasteiger partial charge in [-0.3, -0.25) is 0 Å². The van der Waals surface area contributed by atoms with Crippen LogP contribution < -0.4 is 0 Å². The van der Waals surface area contributed by atoms with E-state index in [9.17, 15) is 4.79 Å². The Bertz CT molecular complexity index is 406. The Hall–Kier alpha value is -1.61. The summed E-state index contributed by atoms with van der Waals surface area (Å²) in [5, 5.41) is 0. The van der Waals surface area contributed by atoms with Crippen molar-refractivity contribution >= 4 is 11.5 Å². The highest BCUT2D eigenvalue weighted by Crippen LogP contribution is 2.31.